The van der Waals surface area contributed by atoms with Crippen LogP contribution in [0.3, 0.4) is 0 Å². The van der Waals surface area contributed by atoms with Crippen molar-refractivity contribution in [2.75, 3.05) is 38.2 Å². The summed E-state index contributed by atoms with van der Waals surface area (Å²) in [5.41, 5.74) is 0.645. The lowest BCUT2D eigenvalue weighted by atomic mass is 9.97. The third-order valence-corrected chi connectivity index (χ3v) is 4.54. The van der Waals surface area contributed by atoms with Crippen LogP contribution in [0.1, 0.15) is 16.1 Å². The second-order valence-corrected chi connectivity index (χ2v) is 6.56. The minimum atomic E-state index is -1.12. The fraction of sp³-hybridized carbons (Fsp3) is 0.350. The lowest BCUT2D eigenvalue weighted by Crippen LogP contribution is -2.45. The second-order valence-electron chi connectivity index (χ2n) is 6.56. The SMILES string of the molecule is O=C(O)c1cccc(NCC(Cc2cccc(F)c2)C(=O)N2CCOCC2)n1. The van der Waals surface area contributed by atoms with Crippen LogP contribution < -0.4 is 5.32 Å². The summed E-state index contributed by atoms with van der Waals surface area (Å²) in [4.78, 5) is 29.9. The molecule has 7 nitrogen and oxygen atoms in total. The van der Waals surface area contributed by atoms with Crippen molar-refractivity contribution in [3.63, 3.8) is 0 Å². The number of carbonyl (C=O) groups excluding carboxylic acids is 1. The summed E-state index contributed by atoms with van der Waals surface area (Å²) in [7, 11) is 0. The quantitative estimate of drug-likeness (QED) is 0.756. The number of nitrogens with one attached hydrogen (secondary N) is 1. The first-order valence-corrected chi connectivity index (χ1v) is 9.08. The molecule has 1 amide bonds. The molecule has 1 aliphatic rings. The fourth-order valence-corrected chi connectivity index (χ4v) is 3.12. The fourth-order valence-electron chi connectivity index (χ4n) is 3.12. The highest BCUT2D eigenvalue weighted by atomic mass is 19.1. The molecule has 2 aromatic rings. The van der Waals surface area contributed by atoms with E-state index in [1.54, 1.807) is 29.2 Å². The summed E-state index contributed by atoms with van der Waals surface area (Å²) in [6.45, 7) is 2.28. The second kappa shape index (κ2) is 9.27. The summed E-state index contributed by atoms with van der Waals surface area (Å²) in [6, 6.07) is 10.8. The number of hydrogen-bond acceptors (Lipinski definition) is 5. The summed E-state index contributed by atoms with van der Waals surface area (Å²) < 4.78 is 18.9. The zero-order chi connectivity index (χ0) is 19.9. The third-order valence-electron chi connectivity index (χ3n) is 4.54. The normalized spacial score (nSPS) is 15.1. The molecule has 1 aromatic heterocycles. The standard InChI is InChI=1S/C20H22FN3O4/c21-16-4-1-3-14(12-16)11-15(19(25)24-7-9-28-10-8-24)13-22-18-6-2-5-17(23-18)20(26)27/h1-6,12,15H,7-11,13H2,(H,22,23)(H,26,27). The van der Waals surface area contributed by atoms with Crippen LogP contribution in [-0.4, -0.2) is 59.7 Å². The Bertz CT molecular complexity index is 840. The van der Waals surface area contributed by atoms with Crippen molar-refractivity contribution in [1.29, 1.82) is 0 Å². The van der Waals surface area contributed by atoms with Gasteiger partial charge in [-0.3, -0.25) is 4.79 Å². The maximum absolute atomic E-state index is 13.6. The Labute approximate surface area is 162 Å². The molecule has 2 N–H and O–H groups in total. The van der Waals surface area contributed by atoms with Gasteiger partial charge in [-0.15, -0.1) is 0 Å². The van der Waals surface area contributed by atoms with Crippen molar-refractivity contribution in [3.05, 3.63) is 59.5 Å². The number of carboxylic acid groups (broad SMARTS) is 1. The number of nitrogens with zero attached hydrogens (tertiary/aromatic N) is 2. The third kappa shape index (κ3) is 5.26. The summed E-state index contributed by atoms with van der Waals surface area (Å²) in [5.74, 6) is -1.59. The van der Waals surface area contributed by atoms with Gasteiger partial charge in [-0.1, -0.05) is 18.2 Å². The van der Waals surface area contributed by atoms with Crippen LogP contribution in [0.4, 0.5) is 10.2 Å². The number of carboxylic acids is 1. The van der Waals surface area contributed by atoms with Crippen LogP contribution in [0.5, 0.6) is 0 Å². The van der Waals surface area contributed by atoms with E-state index >= 15 is 0 Å². The molecule has 0 bridgehead atoms. The van der Waals surface area contributed by atoms with Crippen LogP contribution in [0.25, 0.3) is 0 Å². The van der Waals surface area contributed by atoms with E-state index < -0.39 is 11.9 Å². The average molecular weight is 387 g/mol. The molecule has 1 unspecified atom stereocenters. The lowest BCUT2D eigenvalue weighted by Gasteiger charge is -2.30. The number of aromatic nitrogens is 1. The number of morpholine rings is 1. The van der Waals surface area contributed by atoms with Gasteiger partial charge in [0.15, 0.2) is 5.69 Å². The van der Waals surface area contributed by atoms with Gasteiger partial charge in [0.2, 0.25) is 5.91 Å². The van der Waals surface area contributed by atoms with Gasteiger partial charge >= 0.3 is 5.97 Å². The number of ether oxygens (including phenoxy) is 1. The van der Waals surface area contributed by atoms with Crippen LogP contribution in [0, 0.1) is 11.7 Å². The molecule has 0 saturated carbocycles. The average Bonchev–Trinajstić information content (AvgIpc) is 2.71. The van der Waals surface area contributed by atoms with Crippen molar-refractivity contribution in [2.24, 2.45) is 5.92 Å². The van der Waals surface area contributed by atoms with E-state index in [1.165, 1.54) is 18.2 Å². The van der Waals surface area contributed by atoms with Gasteiger partial charge in [0, 0.05) is 19.6 Å². The Balaban J connectivity index is 1.74. The number of anilines is 1. The van der Waals surface area contributed by atoms with Crippen LogP contribution in [0.15, 0.2) is 42.5 Å². The van der Waals surface area contributed by atoms with Gasteiger partial charge in [-0.2, -0.15) is 0 Å². The molecule has 28 heavy (non-hydrogen) atoms. The molecule has 148 valence electrons. The van der Waals surface area contributed by atoms with E-state index in [1.807, 2.05) is 0 Å². The minimum absolute atomic E-state index is 0.0468. The maximum Gasteiger partial charge on any atom is 0.354 e. The molecule has 1 aliphatic heterocycles. The predicted octanol–water partition coefficient (Wildman–Crippen LogP) is 2.05. The first-order valence-electron chi connectivity index (χ1n) is 9.08. The number of pyridine rings is 1. The van der Waals surface area contributed by atoms with Crippen LogP contribution in [0.2, 0.25) is 0 Å². The first kappa shape index (κ1) is 19.8. The maximum atomic E-state index is 13.6. The zero-order valence-electron chi connectivity index (χ0n) is 15.3. The number of amides is 1. The van der Waals surface area contributed by atoms with Crippen LogP contribution >= 0.6 is 0 Å². The van der Waals surface area contributed by atoms with Gasteiger partial charge in [-0.05, 0) is 36.2 Å². The van der Waals surface area contributed by atoms with Crippen molar-refractivity contribution in [1.82, 2.24) is 9.88 Å². The molecule has 1 aromatic carbocycles. The summed E-state index contributed by atoms with van der Waals surface area (Å²) in [5, 5.41) is 12.1. The monoisotopic (exact) mass is 387 g/mol. The van der Waals surface area contributed by atoms with E-state index in [4.69, 9.17) is 9.84 Å². The van der Waals surface area contributed by atoms with E-state index in [2.05, 4.69) is 10.3 Å². The van der Waals surface area contributed by atoms with Gasteiger partial charge in [0.05, 0.1) is 19.1 Å². The molecule has 3 rings (SSSR count). The topological polar surface area (TPSA) is 91.8 Å². The molecule has 8 heteroatoms. The lowest BCUT2D eigenvalue weighted by molar-refractivity contribution is -0.139. The van der Waals surface area contributed by atoms with Crippen molar-refractivity contribution < 1.29 is 23.8 Å². The van der Waals surface area contributed by atoms with Gasteiger partial charge in [0.25, 0.3) is 0 Å². The Morgan fingerprint density at radius 1 is 1.21 bits per heavy atom. The summed E-state index contributed by atoms with van der Waals surface area (Å²) in [6.07, 6.45) is 0.361. The molecular formula is C20H22FN3O4. The Kier molecular flexibility index (Phi) is 6.54. The van der Waals surface area contributed by atoms with Crippen molar-refractivity contribution in [3.8, 4) is 0 Å². The molecule has 0 aliphatic carbocycles. The highest BCUT2D eigenvalue weighted by molar-refractivity contribution is 5.85. The van der Waals surface area contributed by atoms with Gasteiger partial charge < -0.3 is 20.1 Å². The van der Waals surface area contributed by atoms with E-state index in [9.17, 15) is 14.0 Å². The molecular weight excluding hydrogens is 365 g/mol. The smallest absolute Gasteiger partial charge is 0.354 e. The van der Waals surface area contributed by atoms with E-state index in [0.717, 1.165) is 5.56 Å². The number of halogens is 1. The number of aromatic carboxylic acids is 1. The zero-order valence-corrected chi connectivity index (χ0v) is 15.3. The number of hydrogen-bond donors (Lipinski definition) is 2. The molecule has 1 saturated heterocycles. The highest BCUT2D eigenvalue weighted by Gasteiger charge is 2.26. The number of benzene rings is 1. The van der Waals surface area contributed by atoms with Crippen molar-refractivity contribution in [2.45, 2.75) is 6.42 Å². The van der Waals surface area contributed by atoms with Crippen molar-refractivity contribution >= 4 is 17.7 Å². The molecule has 0 spiro atoms. The van der Waals surface area contributed by atoms with Crippen LogP contribution in [-0.2, 0) is 16.0 Å². The highest BCUT2D eigenvalue weighted by Crippen LogP contribution is 2.16. The molecule has 1 fully saturated rings. The Hall–Kier alpha value is -3.00. The minimum Gasteiger partial charge on any atom is -0.477 e. The Morgan fingerprint density at radius 2 is 1.96 bits per heavy atom. The number of rotatable bonds is 7. The molecule has 0 radical (unpaired) electrons. The number of carbonyl (C=O) groups is 2. The van der Waals surface area contributed by atoms with E-state index in [-0.39, 0.29) is 24.0 Å². The first-order chi connectivity index (χ1) is 13.5. The molecule has 2 heterocycles. The van der Waals surface area contributed by atoms with Gasteiger partial charge in [-0.25, -0.2) is 14.2 Å². The Morgan fingerprint density at radius 3 is 2.68 bits per heavy atom. The largest absolute Gasteiger partial charge is 0.477 e. The predicted molar refractivity (Wildman–Crippen MR) is 101 cm³/mol. The molecule has 1 atom stereocenters. The summed E-state index contributed by atoms with van der Waals surface area (Å²) >= 11 is 0. The van der Waals surface area contributed by atoms with E-state index in [0.29, 0.717) is 38.5 Å². The van der Waals surface area contributed by atoms with Gasteiger partial charge in [0.1, 0.15) is 11.6 Å².